The standard InChI is InChI=1S/C21H12N4O2/c26-21(27)19-10-18-9-16-4-3-14(23-16)7-12-1-2-13(22-12)8-15-5-6-17(24-15)11-20(19)25-18/h1-11H,(H,26,27). The number of aliphatic imine (C=N–C) groups is 4. The van der Waals surface area contributed by atoms with Crippen LogP contribution in [0.2, 0.25) is 0 Å². The molecule has 0 aromatic rings. The van der Waals surface area contributed by atoms with Crippen LogP contribution in [-0.2, 0) is 4.79 Å². The Bertz CT molecular complexity index is 1170. The van der Waals surface area contributed by atoms with E-state index in [1.807, 2.05) is 48.6 Å². The highest BCUT2D eigenvalue weighted by Gasteiger charge is 2.21. The van der Waals surface area contributed by atoms with Crippen molar-refractivity contribution in [2.45, 2.75) is 0 Å². The molecule has 5 aliphatic heterocycles. The molecule has 0 unspecified atom stereocenters. The van der Waals surface area contributed by atoms with Gasteiger partial charge in [-0.3, -0.25) is 0 Å². The van der Waals surface area contributed by atoms with E-state index in [2.05, 4.69) is 20.0 Å². The lowest BCUT2D eigenvalue weighted by Crippen LogP contribution is -2.01. The Hall–Kier alpha value is -3.93. The summed E-state index contributed by atoms with van der Waals surface area (Å²) in [6.45, 7) is 0. The molecule has 0 saturated carbocycles. The van der Waals surface area contributed by atoms with Crippen LogP contribution in [-0.4, -0.2) is 33.9 Å². The highest BCUT2D eigenvalue weighted by atomic mass is 16.4. The third-order valence-electron chi connectivity index (χ3n) is 4.27. The van der Waals surface area contributed by atoms with Gasteiger partial charge >= 0.3 is 5.97 Å². The van der Waals surface area contributed by atoms with E-state index in [1.54, 1.807) is 18.2 Å². The number of carboxylic acids is 1. The fraction of sp³-hybridized carbons (Fsp3) is 0. The van der Waals surface area contributed by atoms with Gasteiger partial charge < -0.3 is 5.11 Å². The van der Waals surface area contributed by atoms with Gasteiger partial charge in [0, 0.05) is 0 Å². The molecule has 5 heterocycles. The molecule has 8 bridgehead atoms. The number of aliphatic carboxylic acids is 1. The first-order valence-electron chi connectivity index (χ1n) is 8.34. The van der Waals surface area contributed by atoms with Gasteiger partial charge in [0.1, 0.15) is 0 Å². The van der Waals surface area contributed by atoms with Gasteiger partial charge in [0.05, 0.1) is 51.2 Å². The maximum atomic E-state index is 11.6. The molecule has 6 heteroatoms. The van der Waals surface area contributed by atoms with Gasteiger partial charge in [-0.15, -0.1) is 0 Å². The summed E-state index contributed by atoms with van der Waals surface area (Å²) >= 11 is 0. The predicted molar refractivity (Wildman–Crippen MR) is 105 cm³/mol. The van der Waals surface area contributed by atoms with Crippen LogP contribution >= 0.6 is 0 Å². The number of fused-ring (bicyclic) bond motifs is 4. The van der Waals surface area contributed by atoms with Crippen LogP contribution in [0.3, 0.4) is 0 Å². The zero-order valence-corrected chi connectivity index (χ0v) is 14.0. The highest BCUT2D eigenvalue weighted by molar-refractivity contribution is 6.18. The Kier molecular flexibility index (Phi) is 3.30. The van der Waals surface area contributed by atoms with Crippen molar-refractivity contribution < 1.29 is 9.90 Å². The second kappa shape index (κ2) is 5.81. The average molecular weight is 352 g/mol. The van der Waals surface area contributed by atoms with Gasteiger partial charge in [-0.2, -0.15) is 0 Å². The van der Waals surface area contributed by atoms with Crippen LogP contribution in [0.25, 0.3) is 0 Å². The van der Waals surface area contributed by atoms with Gasteiger partial charge in [-0.25, -0.2) is 24.8 Å². The van der Waals surface area contributed by atoms with Crippen molar-refractivity contribution in [1.82, 2.24) is 0 Å². The van der Waals surface area contributed by atoms with Crippen molar-refractivity contribution in [1.29, 1.82) is 0 Å². The number of rotatable bonds is 1. The minimum absolute atomic E-state index is 0.138. The Labute approximate surface area is 154 Å². The minimum atomic E-state index is -1.03. The lowest BCUT2D eigenvalue weighted by Gasteiger charge is -1.97. The van der Waals surface area contributed by atoms with E-state index in [-0.39, 0.29) is 5.57 Å². The molecular weight excluding hydrogens is 340 g/mol. The maximum Gasteiger partial charge on any atom is 0.337 e. The topological polar surface area (TPSA) is 86.7 Å². The molecule has 0 atom stereocenters. The molecule has 0 fully saturated rings. The summed E-state index contributed by atoms with van der Waals surface area (Å²) in [4.78, 5) is 29.6. The van der Waals surface area contributed by atoms with Crippen LogP contribution in [0.15, 0.2) is 115 Å². The van der Waals surface area contributed by atoms with Crippen molar-refractivity contribution in [2.75, 3.05) is 0 Å². The van der Waals surface area contributed by atoms with E-state index in [9.17, 15) is 9.90 Å². The molecule has 0 spiro atoms. The van der Waals surface area contributed by atoms with E-state index in [0.29, 0.717) is 22.8 Å². The molecule has 0 aromatic carbocycles. The number of nitrogens with zero attached hydrogens (tertiary/aromatic N) is 4. The number of allylic oxidation sites excluding steroid dienone is 11. The first kappa shape index (κ1) is 15.3. The third kappa shape index (κ3) is 2.93. The van der Waals surface area contributed by atoms with E-state index in [4.69, 9.17) is 0 Å². The molecule has 5 aliphatic rings. The summed E-state index contributed by atoms with van der Waals surface area (Å²) in [6.07, 6.45) is 20.0. The van der Waals surface area contributed by atoms with Gasteiger partial charge in [-0.05, 0) is 66.8 Å². The van der Waals surface area contributed by atoms with E-state index >= 15 is 0 Å². The summed E-state index contributed by atoms with van der Waals surface area (Å²) in [5.41, 5.74) is 5.56. The number of carboxylic acid groups (broad SMARTS) is 1. The normalized spacial score (nSPS) is 21.7. The van der Waals surface area contributed by atoms with Crippen molar-refractivity contribution >= 4 is 28.8 Å². The van der Waals surface area contributed by atoms with E-state index < -0.39 is 5.97 Å². The first-order valence-corrected chi connectivity index (χ1v) is 8.34. The molecular formula is C21H12N4O2. The molecule has 0 amide bonds. The van der Waals surface area contributed by atoms with Crippen LogP contribution in [0, 0.1) is 0 Å². The van der Waals surface area contributed by atoms with Crippen molar-refractivity contribution in [2.24, 2.45) is 20.0 Å². The summed E-state index contributed by atoms with van der Waals surface area (Å²) in [5.74, 6) is -1.03. The maximum absolute atomic E-state index is 11.6. The lowest BCUT2D eigenvalue weighted by atomic mass is 10.1. The minimum Gasteiger partial charge on any atom is -0.478 e. The first-order chi connectivity index (χ1) is 13.1. The van der Waals surface area contributed by atoms with Gasteiger partial charge in [0.25, 0.3) is 0 Å². The lowest BCUT2D eigenvalue weighted by molar-refractivity contribution is -0.132. The Morgan fingerprint density at radius 3 is 1.59 bits per heavy atom. The second-order valence-corrected chi connectivity index (χ2v) is 6.25. The number of carbonyl (C=O) groups is 1. The Morgan fingerprint density at radius 1 is 0.593 bits per heavy atom. The molecule has 0 radical (unpaired) electrons. The summed E-state index contributed by atoms with van der Waals surface area (Å²) in [6, 6.07) is 0. The smallest absolute Gasteiger partial charge is 0.337 e. The van der Waals surface area contributed by atoms with E-state index in [1.165, 1.54) is 0 Å². The number of hydrogen-bond acceptors (Lipinski definition) is 5. The second-order valence-electron chi connectivity index (χ2n) is 6.25. The van der Waals surface area contributed by atoms with Gasteiger partial charge in [-0.1, -0.05) is 0 Å². The summed E-state index contributed by atoms with van der Waals surface area (Å²) in [7, 11) is 0. The third-order valence-corrected chi connectivity index (χ3v) is 4.27. The zero-order chi connectivity index (χ0) is 18.4. The predicted octanol–water partition coefficient (Wildman–Crippen LogP) is 3.03. The molecule has 0 aromatic heterocycles. The molecule has 0 aliphatic carbocycles. The van der Waals surface area contributed by atoms with Crippen LogP contribution < -0.4 is 0 Å². The fourth-order valence-electron chi connectivity index (χ4n) is 3.07. The average Bonchev–Trinajstić information content (AvgIpc) is 3.38. The van der Waals surface area contributed by atoms with Crippen molar-refractivity contribution in [3.63, 3.8) is 0 Å². The number of hydrogen-bond donors (Lipinski definition) is 1. The Morgan fingerprint density at radius 2 is 1.07 bits per heavy atom. The van der Waals surface area contributed by atoms with Gasteiger partial charge in [0.2, 0.25) is 0 Å². The highest BCUT2D eigenvalue weighted by Crippen LogP contribution is 2.24. The monoisotopic (exact) mass is 352 g/mol. The molecule has 128 valence electrons. The van der Waals surface area contributed by atoms with Crippen LogP contribution in [0.1, 0.15) is 0 Å². The molecule has 1 N–H and O–H groups in total. The summed E-state index contributed by atoms with van der Waals surface area (Å²) < 4.78 is 0. The molecule has 6 nitrogen and oxygen atoms in total. The summed E-state index contributed by atoms with van der Waals surface area (Å²) in [5, 5.41) is 9.49. The molecule has 5 rings (SSSR count). The van der Waals surface area contributed by atoms with Crippen molar-refractivity contribution in [3.05, 3.63) is 95.2 Å². The SMILES string of the molecule is O=C(O)C1=CC2=NC1=CC1=NC(=CC3=NC(=CC4=NC(=C2)C=C4)C=C3)C=C1. The molecule has 0 saturated heterocycles. The van der Waals surface area contributed by atoms with Crippen LogP contribution in [0.4, 0.5) is 0 Å². The van der Waals surface area contributed by atoms with Crippen molar-refractivity contribution in [3.8, 4) is 0 Å². The van der Waals surface area contributed by atoms with Crippen LogP contribution in [0.5, 0.6) is 0 Å². The quantitative estimate of drug-likeness (QED) is 0.786. The fourth-order valence-corrected chi connectivity index (χ4v) is 3.07. The van der Waals surface area contributed by atoms with E-state index in [0.717, 1.165) is 22.8 Å². The molecule has 27 heavy (non-hydrogen) atoms. The van der Waals surface area contributed by atoms with Gasteiger partial charge in [0.15, 0.2) is 0 Å². The zero-order valence-electron chi connectivity index (χ0n) is 14.0. The largest absolute Gasteiger partial charge is 0.478 e. The Balaban J connectivity index is 1.67.